The third-order valence-corrected chi connectivity index (χ3v) is 3.60. The zero-order valence-electron chi connectivity index (χ0n) is 13.1. The first-order chi connectivity index (χ1) is 10.6. The fourth-order valence-electron chi connectivity index (χ4n) is 2.26. The fraction of sp³-hybridized carbons (Fsp3) is 0.588. The van der Waals surface area contributed by atoms with Gasteiger partial charge in [-0.15, -0.1) is 0 Å². The maximum absolute atomic E-state index is 13.4. The highest BCUT2D eigenvalue weighted by molar-refractivity contribution is 5.94. The molecule has 1 N–H and O–H groups in total. The van der Waals surface area contributed by atoms with E-state index < -0.39 is 28.9 Å². The van der Waals surface area contributed by atoms with Crippen LogP contribution >= 0.6 is 0 Å². The molecule has 2 nitrogen and oxygen atoms in total. The lowest BCUT2D eigenvalue weighted by atomic mass is 10.1. The average molecular weight is 315 g/mol. The van der Waals surface area contributed by atoms with Gasteiger partial charge in [0, 0.05) is 6.54 Å². The van der Waals surface area contributed by atoms with Gasteiger partial charge in [0.1, 0.15) is 0 Å². The van der Waals surface area contributed by atoms with Gasteiger partial charge in [-0.2, -0.15) is 0 Å². The van der Waals surface area contributed by atoms with E-state index in [1.165, 1.54) is 32.1 Å². The van der Waals surface area contributed by atoms with Crippen LogP contribution in [0.1, 0.15) is 68.6 Å². The van der Waals surface area contributed by atoms with Crippen molar-refractivity contribution in [1.82, 2.24) is 5.32 Å². The summed E-state index contributed by atoms with van der Waals surface area (Å²) in [7, 11) is 0. The van der Waals surface area contributed by atoms with Gasteiger partial charge in [-0.1, -0.05) is 51.9 Å². The minimum atomic E-state index is -1.61. The van der Waals surface area contributed by atoms with E-state index in [1.54, 1.807) is 0 Å². The van der Waals surface area contributed by atoms with E-state index in [9.17, 15) is 18.0 Å². The molecule has 0 atom stereocenters. The third kappa shape index (κ3) is 6.08. The molecule has 0 heterocycles. The van der Waals surface area contributed by atoms with Crippen LogP contribution in [0.25, 0.3) is 0 Å². The van der Waals surface area contributed by atoms with E-state index in [0.717, 1.165) is 31.4 Å². The Morgan fingerprint density at radius 3 is 2.14 bits per heavy atom. The highest BCUT2D eigenvalue weighted by Crippen LogP contribution is 2.15. The SMILES string of the molecule is CCCCCCCCCCNC(=O)c1ccc(F)c(F)c1F. The van der Waals surface area contributed by atoms with E-state index in [2.05, 4.69) is 12.2 Å². The maximum atomic E-state index is 13.4. The Bertz CT molecular complexity index is 477. The van der Waals surface area contributed by atoms with Crippen molar-refractivity contribution in [2.75, 3.05) is 6.54 Å². The monoisotopic (exact) mass is 315 g/mol. The molecule has 0 saturated heterocycles. The molecule has 0 saturated carbocycles. The number of hydrogen-bond donors (Lipinski definition) is 1. The molecule has 0 spiro atoms. The summed E-state index contributed by atoms with van der Waals surface area (Å²) in [6, 6.07) is 1.71. The van der Waals surface area contributed by atoms with Crippen LogP contribution in [0.2, 0.25) is 0 Å². The molecule has 124 valence electrons. The Morgan fingerprint density at radius 1 is 0.909 bits per heavy atom. The van der Waals surface area contributed by atoms with Crippen LogP contribution in [-0.2, 0) is 0 Å². The quantitative estimate of drug-likeness (QED) is 0.479. The maximum Gasteiger partial charge on any atom is 0.254 e. The summed E-state index contributed by atoms with van der Waals surface area (Å²) >= 11 is 0. The molecular formula is C17H24F3NO. The lowest BCUT2D eigenvalue weighted by Crippen LogP contribution is -2.25. The van der Waals surface area contributed by atoms with Gasteiger partial charge in [-0.3, -0.25) is 4.79 Å². The summed E-state index contributed by atoms with van der Waals surface area (Å²) in [4.78, 5) is 11.7. The van der Waals surface area contributed by atoms with Gasteiger partial charge in [-0.05, 0) is 18.6 Å². The van der Waals surface area contributed by atoms with Crippen molar-refractivity contribution >= 4 is 5.91 Å². The molecule has 1 aromatic carbocycles. The number of hydrogen-bond acceptors (Lipinski definition) is 1. The standard InChI is InChI=1S/C17H24F3NO/c1-2-3-4-5-6-7-8-9-12-21-17(22)13-10-11-14(18)16(20)15(13)19/h10-11H,2-9,12H2,1H3,(H,21,22). The molecule has 22 heavy (non-hydrogen) atoms. The zero-order chi connectivity index (χ0) is 16.4. The Kier molecular flexibility index (Phi) is 8.63. The molecule has 1 amide bonds. The summed E-state index contributed by atoms with van der Waals surface area (Å²) in [5.41, 5.74) is -0.460. The van der Waals surface area contributed by atoms with Crippen LogP contribution in [0, 0.1) is 17.5 Å². The summed E-state index contributed by atoms with van der Waals surface area (Å²) in [5, 5.41) is 2.53. The molecule has 0 fully saturated rings. The Morgan fingerprint density at radius 2 is 1.50 bits per heavy atom. The smallest absolute Gasteiger partial charge is 0.254 e. The molecule has 0 aliphatic heterocycles. The van der Waals surface area contributed by atoms with Gasteiger partial charge in [0.15, 0.2) is 17.5 Å². The number of unbranched alkanes of at least 4 members (excludes halogenated alkanes) is 7. The number of halogens is 3. The van der Waals surface area contributed by atoms with Crippen molar-refractivity contribution in [2.24, 2.45) is 0 Å². The Hall–Kier alpha value is -1.52. The molecule has 1 rings (SSSR count). The first-order valence-electron chi connectivity index (χ1n) is 7.99. The van der Waals surface area contributed by atoms with E-state index >= 15 is 0 Å². The van der Waals surface area contributed by atoms with Gasteiger partial charge in [0.05, 0.1) is 5.56 Å². The topological polar surface area (TPSA) is 29.1 Å². The molecule has 1 aromatic rings. The number of rotatable bonds is 10. The Balaban J connectivity index is 2.20. The van der Waals surface area contributed by atoms with Crippen LogP contribution in [-0.4, -0.2) is 12.5 Å². The summed E-state index contributed by atoms with van der Waals surface area (Å²) in [6.45, 7) is 2.59. The molecule has 0 aliphatic carbocycles. The molecule has 0 aliphatic rings. The van der Waals surface area contributed by atoms with Crippen LogP contribution in [0.15, 0.2) is 12.1 Å². The average Bonchev–Trinajstić information content (AvgIpc) is 2.51. The minimum absolute atomic E-state index is 0.409. The van der Waals surface area contributed by atoms with E-state index in [0.29, 0.717) is 6.54 Å². The Labute approximate surface area is 130 Å². The highest BCUT2D eigenvalue weighted by atomic mass is 19.2. The van der Waals surface area contributed by atoms with Gasteiger partial charge in [0.2, 0.25) is 0 Å². The van der Waals surface area contributed by atoms with E-state index in [4.69, 9.17) is 0 Å². The predicted octanol–water partition coefficient (Wildman–Crippen LogP) is 4.97. The van der Waals surface area contributed by atoms with Gasteiger partial charge >= 0.3 is 0 Å². The number of amides is 1. The second-order valence-electron chi connectivity index (χ2n) is 5.45. The molecule has 0 bridgehead atoms. The third-order valence-electron chi connectivity index (χ3n) is 3.60. The number of carbonyl (C=O) groups is 1. The van der Waals surface area contributed by atoms with Crippen LogP contribution < -0.4 is 5.32 Å². The molecule has 0 aromatic heterocycles. The van der Waals surface area contributed by atoms with Crippen molar-refractivity contribution in [2.45, 2.75) is 58.3 Å². The van der Waals surface area contributed by atoms with Crippen LogP contribution in [0.3, 0.4) is 0 Å². The predicted molar refractivity (Wildman–Crippen MR) is 81.3 cm³/mol. The zero-order valence-corrected chi connectivity index (χ0v) is 13.1. The normalized spacial score (nSPS) is 10.7. The van der Waals surface area contributed by atoms with Crippen molar-refractivity contribution in [3.63, 3.8) is 0 Å². The lowest BCUT2D eigenvalue weighted by molar-refractivity contribution is 0.0947. The van der Waals surface area contributed by atoms with Crippen molar-refractivity contribution in [3.8, 4) is 0 Å². The molecule has 5 heteroatoms. The first-order valence-corrected chi connectivity index (χ1v) is 7.99. The summed E-state index contributed by atoms with van der Waals surface area (Å²) < 4.78 is 39.2. The molecule has 0 radical (unpaired) electrons. The van der Waals surface area contributed by atoms with Crippen molar-refractivity contribution < 1.29 is 18.0 Å². The second-order valence-corrected chi connectivity index (χ2v) is 5.45. The summed E-state index contributed by atoms with van der Waals surface area (Å²) in [6.07, 6.45) is 9.09. The van der Waals surface area contributed by atoms with E-state index in [-0.39, 0.29) is 0 Å². The fourth-order valence-corrected chi connectivity index (χ4v) is 2.26. The first kappa shape index (κ1) is 18.5. The van der Waals surface area contributed by atoms with Gasteiger partial charge < -0.3 is 5.32 Å². The van der Waals surface area contributed by atoms with Crippen molar-refractivity contribution in [1.29, 1.82) is 0 Å². The van der Waals surface area contributed by atoms with Crippen LogP contribution in [0.5, 0.6) is 0 Å². The number of carbonyl (C=O) groups excluding carboxylic acids is 1. The summed E-state index contributed by atoms with van der Waals surface area (Å²) in [5.74, 6) is -5.05. The largest absolute Gasteiger partial charge is 0.352 e. The lowest BCUT2D eigenvalue weighted by Gasteiger charge is -2.07. The van der Waals surface area contributed by atoms with Crippen molar-refractivity contribution in [3.05, 3.63) is 35.1 Å². The van der Waals surface area contributed by atoms with E-state index in [1.807, 2.05) is 0 Å². The molecular weight excluding hydrogens is 291 g/mol. The molecule has 0 unspecified atom stereocenters. The highest BCUT2D eigenvalue weighted by Gasteiger charge is 2.18. The minimum Gasteiger partial charge on any atom is -0.352 e. The van der Waals surface area contributed by atoms with Gasteiger partial charge in [-0.25, -0.2) is 13.2 Å². The second kappa shape index (κ2) is 10.2. The number of benzene rings is 1. The van der Waals surface area contributed by atoms with Gasteiger partial charge in [0.25, 0.3) is 5.91 Å². The number of nitrogens with one attached hydrogen (secondary N) is 1. The van der Waals surface area contributed by atoms with Crippen LogP contribution in [0.4, 0.5) is 13.2 Å².